The Morgan fingerprint density at radius 1 is 1.07 bits per heavy atom. The van der Waals surface area contributed by atoms with E-state index in [2.05, 4.69) is 13.5 Å². The molecule has 0 amide bonds. The lowest BCUT2D eigenvalue weighted by Gasteiger charge is -2.25. The van der Waals surface area contributed by atoms with Gasteiger partial charge in [-0.05, 0) is 24.9 Å². The van der Waals surface area contributed by atoms with Crippen LogP contribution in [0.25, 0.3) is 0 Å². The van der Waals surface area contributed by atoms with E-state index in [1.54, 1.807) is 14.2 Å². The summed E-state index contributed by atoms with van der Waals surface area (Å²) in [5.41, 5.74) is 0. The van der Waals surface area contributed by atoms with Crippen LogP contribution >= 0.6 is 0 Å². The zero-order valence-corrected chi connectivity index (χ0v) is 11.6. The molecule has 2 nitrogen and oxygen atoms in total. The van der Waals surface area contributed by atoms with Crippen molar-refractivity contribution in [3.8, 4) is 0 Å². The van der Waals surface area contributed by atoms with E-state index in [0.717, 1.165) is 18.5 Å². The molecular formula is C12H26O2Si. The third-order valence-corrected chi connectivity index (χ3v) is 6.68. The first-order chi connectivity index (χ1) is 7.24. The van der Waals surface area contributed by atoms with Crippen LogP contribution in [-0.2, 0) is 8.85 Å². The fourth-order valence-electron chi connectivity index (χ4n) is 1.79. The fourth-order valence-corrected chi connectivity index (χ4v) is 4.08. The molecule has 0 rings (SSSR count). The molecule has 0 aromatic heterocycles. The van der Waals surface area contributed by atoms with E-state index >= 15 is 0 Å². The first-order valence-electron chi connectivity index (χ1n) is 5.96. The van der Waals surface area contributed by atoms with Gasteiger partial charge in [0.1, 0.15) is 0 Å². The van der Waals surface area contributed by atoms with Crippen molar-refractivity contribution in [2.75, 3.05) is 14.2 Å². The van der Waals surface area contributed by atoms with Crippen LogP contribution in [-0.4, -0.2) is 22.8 Å². The van der Waals surface area contributed by atoms with Crippen molar-refractivity contribution in [3.63, 3.8) is 0 Å². The molecule has 0 saturated carbocycles. The van der Waals surface area contributed by atoms with Crippen molar-refractivity contribution in [3.05, 3.63) is 12.7 Å². The molecule has 0 fully saturated rings. The van der Waals surface area contributed by atoms with Crippen LogP contribution in [0.2, 0.25) is 12.1 Å². The molecule has 0 bridgehead atoms. The maximum Gasteiger partial charge on any atom is 0.337 e. The van der Waals surface area contributed by atoms with Crippen LogP contribution in [0, 0.1) is 0 Å². The number of allylic oxidation sites excluding steroid dienone is 1. The quantitative estimate of drug-likeness (QED) is 0.322. The smallest absolute Gasteiger partial charge is 0.337 e. The Hall–Kier alpha value is -0.123. The third kappa shape index (κ3) is 6.13. The van der Waals surface area contributed by atoms with Gasteiger partial charge in [-0.2, -0.15) is 0 Å². The predicted octanol–water partition coefficient (Wildman–Crippen LogP) is 3.88. The third-order valence-electron chi connectivity index (χ3n) is 3.00. The highest BCUT2D eigenvalue weighted by Crippen LogP contribution is 2.21. The second kappa shape index (κ2) is 9.13. The molecule has 0 aliphatic heterocycles. The van der Waals surface area contributed by atoms with E-state index in [1.807, 2.05) is 6.08 Å². The van der Waals surface area contributed by atoms with Gasteiger partial charge in [0, 0.05) is 14.2 Å². The lowest BCUT2D eigenvalue weighted by molar-refractivity contribution is 0.241. The predicted molar refractivity (Wildman–Crippen MR) is 68.3 cm³/mol. The topological polar surface area (TPSA) is 18.5 Å². The maximum absolute atomic E-state index is 5.56. The second-order valence-electron chi connectivity index (χ2n) is 3.91. The van der Waals surface area contributed by atoms with Crippen LogP contribution in [0.1, 0.15) is 39.0 Å². The van der Waals surface area contributed by atoms with Gasteiger partial charge >= 0.3 is 8.56 Å². The molecule has 0 aromatic rings. The van der Waals surface area contributed by atoms with E-state index in [0.29, 0.717) is 0 Å². The summed E-state index contributed by atoms with van der Waals surface area (Å²) < 4.78 is 11.1. The Kier molecular flexibility index (Phi) is 9.05. The van der Waals surface area contributed by atoms with Crippen molar-refractivity contribution in [1.82, 2.24) is 0 Å². The highest BCUT2D eigenvalue weighted by Gasteiger charge is 2.31. The van der Waals surface area contributed by atoms with E-state index < -0.39 is 8.56 Å². The van der Waals surface area contributed by atoms with Crippen LogP contribution in [0.15, 0.2) is 12.7 Å². The Bertz CT molecular complexity index is 147. The summed E-state index contributed by atoms with van der Waals surface area (Å²) in [4.78, 5) is 0. The number of hydrogen-bond acceptors (Lipinski definition) is 2. The fraction of sp³-hybridized carbons (Fsp3) is 0.833. The standard InChI is InChI=1S/C12H26O2Si/c1-5-7-8-9-10-11-12-15(6-2,13-3)14-4/h5H,1,6-12H2,2-4H3. The van der Waals surface area contributed by atoms with E-state index in [-0.39, 0.29) is 0 Å². The van der Waals surface area contributed by atoms with E-state index in [9.17, 15) is 0 Å². The number of hydrogen-bond donors (Lipinski definition) is 0. The van der Waals surface area contributed by atoms with Crippen molar-refractivity contribution >= 4 is 8.56 Å². The SMILES string of the molecule is C=CCCCCCC[Si](CC)(OC)OC. The molecule has 0 radical (unpaired) electrons. The Morgan fingerprint density at radius 3 is 2.13 bits per heavy atom. The Balaban J connectivity index is 3.58. The first kappa shape index (κ1) is 14.9. The van der Waals surface area contributed by atoms with Crippen molar-refractivity contribution in [2.24, 2.45) is 0 Å². The van der Waals surface area contributed by atoms with Gasteiger partial charge in [-0.1, -0.05) is 32.3 Å². The molecule has 0 aromatic carbocycles. The number of rotatable bonds is 10. The van der Waals surface area contributed by atoms with Gasteiger partial charge in [-0.25, -0.2) is 0 Å². The van der Waals surface area contributed by atoms with Gasteiger partial charge in [0.05, 0.1) is 0 Å². The molecule has 0 aliphatic carbocycles. The molecule has 0 heterocycles. The lowest BCUT2D eigenvalue weighted by Crippen LogP contribution is -2.38. The van der Waals surface area contributed by atoms with Crippen molar-refractivity contribution in [2.45, 2.75) is 51.1 Å². The summed E-state index contributed by atoms with van der Waals surface area (Å²) >= 11 is 0. The van der Waals surface area contributed by atoms with Gasteiger partial charge < -0.3 is 8.85 Å². The zero-order chi connectivity index (χ0) is 11.6. The molecule has 3 heteroatoms. The van der Waals surface area contributed by atoms with Gasteiger partial charge in [0.15, 0.2) is 0 Å². The molecule has 0 N–H and O–H groups in total. The Labute approximate surface area is 95.9 Å². The van der Waals surface area contributed by atoms with Crippen molar-refractivity contribution < 1.29 is 8.85 Å². The van der Waals surface area contributed by atoms with Crippen LogP contribution in [0.3, 0.4) is 0 Å². The summed E-state index contributed by atoms with van der Waals surface area (Å²) in [5, 5.41) is 0. The first-order valence-corrected chi connectivity index (χ1v) is 8.19. The minimum Gasteiger partial charge on any atom is -0.398 e. The minimum absolute atomic E-state index is 1.05. The van der Waals surface area contributed by atoms with Gasteiger partial charge in [0.25, 0.3) is 0 Å². The minimum atomic E-state index is -1.81. The monoisotopic (exact) mass is 230 g/mol. The highest BCUT2D eigenvalue weighted by atomic mass is 28.4. The molecule has 0 unspecified atom stereocenters. The largest absolute Gasteiger partial charge is 0.398 e. The van der Waals surface area contributed by atoms with Crippen LogP contribution in [0.5, 0.6) is 0 Å². The highest BCUT2D eigenvalue weighted by molar-refractivity contribution is 6.67. The molecule has 0 atom stereocenters. The van der Waals surface area contributed by atoms with Crippen LogP contribution in [0.4, 0.5) is 0 Å². The average molecular weight is 230 g/mol. The maximum atomic E-state index is 5.56. The van der Waals surface area contributed by atoms with E-state index in [1.165, 1.54) is 25.7 Å². The van der Waals surface area contributed by atoms with Gasteiger partial charge in [-0.3, -0.25) is 0 Å². The van der Waals surface area contributed by atoms with Crippen molar-refractivity contribution in [1.29, 1.82) is 0 Å². The van der Waals surface area contributed by atoms with Crippen LogP contribution < -0.4 is 0 Å². The van der Waals surface area contributed by atoms with Gasteiger partial charge in [-0.15, -0.1) is 6.58 Å². The zero-order valence-electron chi connectivity index (χ0n) is 10.6. The van der Waals surface area contributed by atoms with Gasteiger partial charge in [0.2, 0.25) is 0 Å². The average Bonchev–Trinajstić information content (AvgIpc) is 2.29. The molecule has 0 spiro atoms. The summed E-state index contributed by atoms with van der Waals surface area (Å²) in [6.45, 7) is 5.89. The molecular weight excluding hydrogens is 204 g/mol. The second-order valence-corrected chi connectivity index (χ2v) is 7.76. The normalized spacial score (nSPS) is 11.7. The number of unbranched alkanes of at least 4 members (excludes halogenated alkanes) is 4. The molecule has 15 heavy (non-hydrogen) atoms. The molecule has 0 aliphatic rings. The molecule has 0 saturated heterocycles. The summed E-state index contributed by atoms with van der Waals surface area (Å²) in [6.07, 6.45) is 8.23. The molecule has 90 valence electrons. The summed E-state index contributed by atoms with van der Waals surface area (Å²) in [5.74, 6) is 0. The summed E-state index contributed by atoms with van der Waals surface area (Å²) in [6, 6.07) is 2.18. The lowest BCUT2D eigenvalue weighted by atomic mass is 10.1. The Morgan fingerprint density at radius 2 is 1.67 bits per heavy atom. The summed E-state index contributed by atoms with van der Waals surface area (Å²) in [7, 11) is 1.77. The van der Waals surface area contributed by atoms with E-state index in [4.69, 9.17) is 8.85 Å².